The van der Waals surface area contributed by atoms with Gasteiger partial charge < -0.3 is 10.1 Å². The van der Waals surface area contributed by atoms with Crippen LogP contribution in [0.3, 0.4) is 0 Å². The predicted molar refractivity (Wildman–Crippen MR) is 70.8 cm³/mol. The van der Waals surface area contributed by atoms with Gasteiger partial charge in [-0.1, -0.05) is 0 Å². The van der Waals surface area contributed by atoms with E-state index in [-0.39, 0.29) is 5.97 Å². The molecule has 6 heteroatoms. The largest absolute Gasteiger partial charge is 0.465 e. The molecular weight excluding hydrogens is 244 g/mol. The van der Waals surface area contributed by atoms with E-state index in [2.05, 4.69) is 20.1 Å². The lowest BCUT2D eigenvalue weighted by Crippen LogP contribution is -2.07. The number of anilines is 1. The van der Waals surface area contributed by atoms with Gasteiger partial charge in [0.05, 0.1) is 24.6 Å². The molecule has 0 atom stereocenters. The van der Waals surface area contributed by atoms with Crippen molar-refractivity contribution in [1.82, 2.24) is 14.8 Å². The van der Waals surface area contributed by atoms with E-state index in [0.29, 0.717) is 23.6 Å². The molecule has 6 nitrogen and oxygen atoms in total. The summed E-state index contributed by atoms with van der Waals surface area (Å²) in [7, 11) is 3.23. The third kappa shape index (κ3) is 3.09. The van der Waals surface area contributed by atoms with E-state index in [0.717, 1.165) is 5.56 Å². The molecule has 19 heavy (non-hydrogen) atoms. The molecule has 0 saturated heterocycles. The van der Waals surface area contributed by atoms with Crippen LogP contribution in [-0.4, -0.2) is 27.8 Å². The van der Waals surface area contributed by atoms with E-state index in [1.165, 1.54) is 7.11 Å². The zero-order valence-electron chi connectivity index (χ0n) is 11.2. The molecule has 0 aliphatic rings. The summed E-state index contributed by atoms with van der Waals surface area (Å²) >= 11 is 0. The quantitative estimate of drug-likeness (QED) is 0.844. The number of aromatic nitrogens is 3. The normalized spacial score (nSPS) is 10.3. The fraction of sp³-hybridized carbons (Fsp3) is 0.308. The number of aryl methyl sites for hydroxylation is 2. The van der Waals surface area contributed by atoms with Crippen LogP contribution in [-0.2, 0) is 18.3 Å². The third-order valence-corrected chi connectivity index (χ3v) is 2.72. The Hall–Kier alpha value is -2.37. The van der Waals surface area contributed by atoms with Crippen LogP contribution in [0.1, 0.15) is 21.6 Å². The summed E-state index contributed by atoms with van der Waals surface area (Å²) in [6, 6.07) is 3.47. The molecule has 0 bridgehead atoms. The smallest absolute Gasteiger partial charge is 0.339 e. The Morgan fingerprint density at radius 3 is 2.84 bits per heavy atom. The van der Waals surface area contributed by atoms with Crippen molar-refractivity contribution in [2.24, 2.45) is 7.05 Å². The molecule has 0 amide bonds. The van der Waals surface area contributed by atoms with Gasteiger partial charge in [0.1, 0.15) is 5.82 Å². The molecule has 0 aliphatic carbocycles. The number of hydrogen-bond donors (Lipinski definition) is 1. The van der Waals surface area contributed by atoms with E-state index in [4.69, 9.17) is 0 Å². The molecule has 0 radical (unpaired) electrons. The van der Waals surface area contributed by atoms with E-state index in [1.54, 1.807) is 29.9 Å². The highest BCUT2D eigenvalue weighted by molar-refractivity contribution is 5.90. The van der Waals surface area contributed by atoms with E-state index in [1.807, 2.05) is 13.2 Å². The summed E-state index contributed by atoms with van der Waals surface area (Å²) in [6.07, 6.45) is 3.73. The van der Waals surface area contributed by atoms with Crippen LogP contribution >= 0.6 is 0 Å². The first-order valence-corrected chi connectivity index (χ1v) is 5.87. The average molecular weight is 260 g/mol. The minimum Gasteiger partial charge on any atom is -0.465 e. The monoisotopic (exact) mass is 260 g/mol. The number of pyridine rings is 1. The van der Waals surface area contributed by atoms with Gasteiger partial charge in [0, 0.05) is 25.4 Å². The van der Waals surface area contributed by atoms with Gasteiger partial charge >= 0.3 is 5.97 Å². The highest BCUT2D eigenvalue weighted by Crippen LogP contribution is 2.12. The lowest BCUT2D eigenvalue weighted by molar-refractivity contribution is 0.0599. The molecule has 100 valence electrons. The first kappa shape index (κ1) is 13.1. The number of esters is 1. The van der Waals surface area contributed by atoms with E-state index in [9.17, 15) is 4.79 Å². The van der Waals surface area contributed by atoms with Gasteiger partial charge in [-0.3, -0.25) is 4.68 Å². The second-order valence-electron chi connectivity index (χ2n) is 4.20. The highest BCUT2D eigenvalue weighted by Gasteiger charge is 2.10. The lowest BCUT2D eigenvalue weighted by Gasteiger charge is -2.07. The van der Waals surface area contributed by atoms with Crippen LogP contribution in [0.2, 0.25) is 0 Å². The summed E-state index contributed by atoms with van der Waals surface area (Å²) in [5.41, 5.74) is 2.19. The maximum atomic E-state index is 11.4. The zero-order valence-corrected chi connectivity index (χ0v) is 11.2. The van der Waals surface area contributed by atoms with Crippen LogP contribution < -0.4 is 5.32 Å². The molecule has 2 aromatic rings. The number of ether oxygens (including phenoxy) is 1. The van der Waals surface area contributed by atoms with E-state index >= 15 is 0 Å². The van der Waals surface area contributed by atoms with Gasteiger partial charge in [0.15, 0.2) is 0 Å². The molecule has 0 aromatic carbocycles. The van der Waals surface area contributed by atoms with Gasteiger partial charge in [-0.05, 0) is 19.1 Å². The molecule has 2 heterocycles. The lowest BCUT2D eigenvalue weighted by atomic mass is 10.2. The molecule has 2 aromatic heterocycles. The standard InChI is InChI=1S/C13H16N4O2/c1-9-11(13(18)19-3)4-5-12(16-9)14-6-10-7-15-17(2)8-10/h4-5,7-8H,6H2,1-3H3,(H,14,16). The second kappa shape index (κ2) is 5.51. The molecule has 0 fully saturated rings. The summed E-state index contributed by atoms with van der Waals surface area (Å²) in [5, 5.41) is 7.27. The minimum atomic E-state index is -0.371. The highest BCUT2D eigenvalue weighted by atomic mass is 16.5. The zero-order chi connectivity index (χ0) is 13.8. The summed E-state index contributed by atoms with van der Waals surface area (Å²) in [5.74, 6) is 0.345. The maximum absolute atomic E-state index is 11.4. The number of hydrogen-bond acceptors (Lipinski definition) is 5. The SMILES string of the molecule is COC(=O)c1ccc(NCc2cnn(C)c2)nc1C. The topological polar surface area (TPSA) is 69.0 Å². The summed E-state index contributed by atoms with van der Waals surface area (Å²) in [4.78, 5) is 15.8. The third-order valence-electron chi connectivity index (χ3n) is 2.72. The Morgan fingerprint density at radius 1 is 1.47 bits per heavy atom. The number of rotatable bonds is 4. The average Bonchev–Trinajstić information content (AvgIpc) is 2.81. The molecule has 2 rings (SSSR count). The molecule has 1 N–H and O–H groups in total. The molecular formula is C13H16N4O2. The van der Waals surface area contributed by atoms with Gasteiger partial charge in [-0.25, -0.2) is 9.78 Å². The van der Waals surface area contributed by atoms with Crippen LogP contribution in [0, 0.1) is 6.92 Å². The first-order valence-electron chi connectivity index (χ1n) is 5.87. The van der Waals surface area contributed by atoms with Gasteiger partial charge in [-0.2, -0.15) is 5.10 Å². The van der Waals surface area contributed by atoms with Crippen molar-refractivity contribution >= 4 is 11.8 Å². The van der Waals surface area contributed by atoms with Crippen molar-refractivity contribution in [2.45, 2.75) is 13.5 Å². The van der Waals surface area contributed by atoms with Gasteiger partial charge in [0.2, 0.25) is 0 Å². The Bertz CT molecular complexity index is 592. The predicted octanol–water partition coefficient (Wildman–Crippen LogP) is 1.52. The summed E-state index contributed by atoms with van der Waals surface area (Å²) < 4.78 is 6.42. The van der Waals surface area contributed by atoms with Crippen molar-refractivity contribution in [3.63, 3.8) is 0 Å². The summed E-state index contributed by atoms with van der Waals surface area (Å²) in [6.45, 7) is 2.42. The first-order chi connectivity index (χ1) is 9.10. The Labute approximate surface area is 111 Å². The molecule has 0 saturated carbocycles. The number of carbonyl (C=O) groups excluding carboxylic acids is 1. The fourth-order valence-electron chi connectivity index (χ4n) is 1.74. The number of carbonyl (C=O) groups is 1. The van der Waals surface area contributed by atoms with Crippen molar-refractivity contribution < 1.29 is 9.53 Å². The van der Waals surface area contributed by atoms with Crippen LogP contribution in [0.4, 0.5) is 5.82 Å². The Kier molecular flexibility index (Phi) is 3.79. The van der Waals surface area contributed by atoms with Crippen molar-refractivity contribution in [3.8, 4) is 0 Å². The van der Waals surface area contributed by atoms with Crippen molar-refractivity contribution in [1.29, 1.82) is 0 Å². The van der Waals surface area contributed by atoms with Crippen LogP contribution in [0.5, 0.6) is 0 Å². The molecule has 0 aliphatic heterocycles. The van der Waals surface area contributed by atoms with Crippen LogP contribution in [0.15, 0.2) is 24.5 Å². The molecule has 0 spiro atoms. The van der Waals surface area contributed by atoms with E-state index < -0.39 is 0 Å². The number of methoxy groups -OCH3 is 1. The number of nitrogens with one attached hydrogen (secondary N) is 1. The van der Waals surface area contributed by atoms with Crippen molar-refractivity contribution in [3.05, 3.63) is 41.3 Å². The van der Waals surface area contributed by atoms with Crippen molar-refractivity contribution in [2.75, 3.05) is 12.4 Å². The van der Waals surface area contributed by atoms with Gasteiger partial charge in [-0.15, -0.1) is 0 Å². The van der Waals surface area contributed by atoms with Gasteiger partial charge in [0.25, 0.3) is 0 Å². The fourth-order valence-corrected chi connectivity index (χ4v) is 1.74. The maximum Gasteiger partial charge on any atom is 0.339 e. The number of nitrogens with zero attached hydrogens (tertiary/aromatic N) is 3. The second-order valence-corrected chi connectivity index (χ2v) is 4.20. The Balaban J connectivity index is 2.06. The Morgan fingerprint density at radius 2 is 2.26 bits per heavy atom. The minimum absolute atomic E-state index is 0.371. The van der Waals surface area contributed by atoms with Crippen LogP contribution in [0.25, 0.3) is 0 Å². The molecule has 0 unspecified atom stereocenters.